The Hall–Kier alpha value is -1.29. The van der Waals surface area contributed by atoms with Gasteiger partial charge in [-0.2, -0.15) is 0 Å². The number of aliphatic hydroxyl groups excluding tert-OH is 1. The molecule has 0 aromatic carbocycles. The van der Waals surface area contributed by atoms with Crippen molar-refractivity contribution in [2.45, 2.75) is 39.8 Å². The van der Waals surface area contributed by atoms with Gasteiger partial charge in [-0.15, -0.1) is 0 Å². The number of nitrogens with zero attached hydrogens (tertiary/aromatic N) is 1. The summed E-state index contributed by atoms with van der Waals surface area (Å²) in [5.74, 6) is 0.517. The lowest BCUT2D eigenvalue weighted by molar-refractivity contribution is 0.0577. The minimum atomic E-state index is -0.529. The van der Waals surface area contributed by atoms with Gasteiger partial charge in [0.2, 0.25) is 0 Å². The van der Waals surface area contributed by atoms with Crippen molar-refractivity contribution >= 4 is 5.91 Å². The molecule has 4 nitrogen and oxygen atoms in total. The Morgan fingerprint density at radius 2 is 2.12 bits per heavy atom. The standard InChI is InChI=1S/C12H19NO3/c1-8(2)13(7-9(3)14)12(15)11-5-6-16-10(11)4/h5-6,8-9,14H,7H2,1-4H3. The Bertz CT molecular complexity index is 355. The SMILES string of the molecule is Cc1occc1C(=O)N(CC(C)O)C(C)C. The normalized spacial score (nSPS) is 12.9. The summed E-state index contributed by atoms with van der Waals surface area (Å²) in [7, 11) is 0. The average molecular weight is 225 g/mol. The highest BCUT2D eigenvalue weighted by atomic mass is 16.3. The highest BCUT2D eigenvalue weighted by Gasteiger charge is 2.22. The number of carbonyl (C=O) groups excluding carboxylic acids is 1. The number of furan rings is 1. The zero-order valence-electron chi connectivity index (χ0n) is 10.2. The van der Waals surface area contributed by atoms with Crippen LogP contribution in [0.5, 0.6) is 0 Å². The van der Waals surface area contributed by atoms with Crippen molar-refractivity contribution in [3.8, 4) is 0 Å². The van der Waals surface area contributed by atoms with Crippen LogP contribution in [0.1, 0.15) is 36.9 Å². The molecule has 1 amide bonds. The van der Waals surface area contributed by atoms with Crippen molar-refractivity contribution in [2.24, 2.45) is 0 Å². The molecule has 1 aromatic heterocycles. The largest absolute Gasteiger partial charge is 0.469 e. The van der Waals surface area contributed by atoms with Gasteiger partial charge in [-0.05, 0) is 33.8 Å². The lowest BCUT2D eigenvalue weighted by atomic mass is 10.2. The van der Waals surface area contributed by atoms with Crippen molar-refractivity contribution in [3.05, 3.63) is 23.7 Å². The molecule has 1 atom stereocenters. The van der Waals surface area contributed by atoms with Crippen LogP contribution in [0.15, 0.2) is 16.7 Å². The van der Waals surface area contributed by atoms with Gasteiger partial charge in [0.25, 0.3) is 5.91 Å². The molecule has 1 rings (SSSR count). The van der Waals surface area contributed by atoms with E-state index < -0.39 is 6.10 Å². The Morgan fingerprint density at radius 3 is 2.50 bits per heavy atom. The second-order valence-electron chi connectivity index (χ2n) is 4.29. The van der Waals surface area contributed by atoms with Crippen molar-refractivity contribution in [3.63, 3.8) is 0 Å². The van der Waals surface area contributed by atoms with Gasteiger partial charge in [0.1, 0.15) is 5.76 Å². The molecular formula is C12H19NO3. The molecule has 0 fully saturated rings. The highest BCUT2D eigenvalue weighted by molar-refractivity contribution is 5.95. The predicted octanol–water partition coefficient (Wildman–Crippen LogP) is 1.82. The number of hydrogen-bond acceptors (Lipinski definition) is 3. The van der Waals surface area contributed by atoms with Crippen LogP contribution in [0.4, 0.5) is 0 Å². The summed E-state index contributed by atoms with van der Waals surface area (Å²) in [6.45, 7) is 7.62. The molecule has 90 valence electrons. The van der Waals surface area contributed by atoms with Crippen LogP contribution in [0.25, 0.3) is 0 Å². The van der Waals surface area contributed by atoms with Crippen LogP contribution in [-0.4, -0.2) is 34.6 Å². The molecule has 0 bridgehead atoms. The number of hydrogen-bond donors (Lipinski definition) is 1. The fraction of sp³-hybridized carbons (Fsp3) is 0.583. The molecule has 0 saturated heterocycles. The predicted molar refractivity (Wildman–Crippen MR) is 61.3 cm³/mol. The van der Waals surface area contributed by atoms with Crippen molar-refractivity contribution in [2.75, 3.05) is 6.54 Å². The van der Waals surface area contributed by atoms with E-state index in [1.165, 1.54) is 6.26 Å². The summed E-state index contributed by atoms with van der Waals surface area (Å²) in [4.78, 5) is 13.8. The number of rotatable bonds is 4. The highest BCUT2D eigenvalue weighted by Crippen LogP contribution is 2.14. The number of aryl methyl sites for hydroxylation is 1. The van der Waals surface area contributed by atoms with E-state index in [-0.39, 0.29) is 11.9 Å². The van der Waals surface area contributed by atoms with Gasteiger partial charge >= 0.3 is 0 Å². The van der Waals surface area contributed by atoms with E-state index in [1.807, 2.05) is 13.8 Å². The van der Waals surface area contributed by atoms with Crippen LogP contribution in [-0.2, 0) is 0 Å². The van der Waals surface area contributed by atoms with Gasteiger partial charge in [0.15, 0.2) is 0 Å². The Morgan fingerprint density at radius 1 is 1.50 bits per heavy atom. The van der Waals surface area contributed by atoms with E-state index in [2.05, 4.69) is 0 Å². The minimum absolute atomic E-state index is 0.0522. The fourth-order valence-corrected chi connectivity index (χ4v) is 1.57. The molecule has 0 aliphatic rings. The second kappa shape index (κ2) is 5.16. The fourth-order valence-electron chi connectivity index (χ4n) is 1.57. The summed E-state index contributed by atoms with van der Waals surface area (Å²) >= 11 is 0. The van der Waals surface area contributed by atoms with Crippen molar-refractivity contribution < 1.29 is 14.3 Å². The molecule has 4 heteroatoms. The summed E-state index contributed by atoms with van der Waals surface area (Å²) in [5.41, 5.74) is 0.564. The van der Waals surface area contributed by atoms with E-state index in [1.54, 1.807) is 24.8 Å². The van der Waals surface area contributed by atoms with E-state index in [0.29, 0.717) is 17.9 Å². The third kappa shape index (κ3) is 2.85. The van der Waals surface area contributed by atoms with Crippen LogP contribution >= 0.6 is 0 Å². The average Bonchev–Trinajstić information content (AvgIpc) is 2.59. The number of amides is 1. The molecule has 0 saturated carbocycles. The molecule has 1 N–H and O–H groups in total. The first-order chi connectivity index (χ1) is 7.43. The lowest BCUT2D eigenvalue weighted by Gasteiger charge is -2.27. The monoisotopic (exact) mass is 225 g/mol. The maximum Gasteiger partial charge on any atom is 0.257 e. The molecule has 0 aliphatic carbocycles. The van der Waals surface area contributed by atoms with E-state index in [9.17, 15) is 9.90 Å². The molecule has 0 aliphatic heterocycles. The molecule has 1 aromatic rings. The maximum absolute atomic E-state index is 12.2. The first-order valence-corrected chi connectivity index (χ1v) is 5.46. The van der Waals surface area contributed by atoms with Crippen LogP contribution < -0.4 is 0 Å². The zero-order valence-corrected chi connectivity index (χ0v) is 10.2. The van der Waals surface area contributed by atoms with Crippen LogP contribution in [0.3, 0.4) is 0 Å². The van der Waals surface area contributed by atoms with Gasteiger partial charge in [-0.3, -0.25) is 4.79 Å². The summed E-state index contributed by atoms with van der Waals surface area (Å²) in [6, 6.07) is 1.71. The van der Waals surface area contributed by atoms with E-state index in [4.69, 9.17) is 4.42 Å². The quantitative estimate of drug-likeness (QED) is 0.850. The Kier molecular flexibility index (Phi) is 4.12. The third-order valence-corrected chi connectivity index (χ3v) is 2.43. The van der Waals surface area contributed by atoms with Crippen LogP contribution in [0.2, 0.25) is 0 Å². The second-order valence-corrected chi connectivity index (χ2v) is 4.29. The Balaban J connectivity index is 2.88. The van der Waals surface area contributed by atoms with Gasteiger partial charge in [-0.1, -0.05) is 0 Å². The lowest BCUT2D eigenvalue weighted by Crippen LogP contribution is -2.41. The van der Waals surface area contributed by atoms with Gasteiger partial charge in [0, 0.05) is 12.6 Å². The van der Waals surface area contributed by atoms with E-state index in [0.717, 1.165) is 0 Å². The molecule has 16 heavy (non-hydrogen) atoms. The molecule has 0 spiro atoms. The topological polar surface area (TPSA) is 53.7 Å². The maximum atomic E-state index is 12.2. The molecular weight excluding hydrogens is 206 g/mol. The number of aliphatic hydroxyl groups is 1. The third-order valence-electron chi connectivity index (χ3n) is 2.43. The van der Waals surface area contributed by atoms with Crippen LogP contribution in [0, 0.1) is 6.92 Å². The van der Waals surface area contributed by atoms with Gasteiger partial charge in [-0.25, -0.2) is 0 Å². The first-order valence-electron chi connectivity index (χ1n) is 5.46. The van der Waals surface area contributed by atoms with Crippen molar-refractivity contribution in [1.29, 1.82) is 0 Å². The Labute approximate surface area is 95.9 Å². The van der Waals surface area contributed by atoms with Crippen molar-refractivity contribution in [1.82, 2.24) is 4.90 Å². The molecule has 1 unspecified atom stereocenters. The summed E-state index contributed by atoms with van der Waals surface area (Å²) in [6.07, 6.45) is 0.974. The van der Waals surface area contributed by atoms with E-state index >= 15 is 0 Å². The summed E-state index contributed by atoms with van der Waals surface area (Å²) in [5, 5.41) is 9.37. The first kappa shape index (κ1) is 12.8. The smallest absolute Gasteiger partial charge is 0.257 e. The van der Waals surface area contributed by atoms with Gasteiger partial charge < -0.3 is 14.4 Å². The van der Waals surface area contributed by atoms with Gasteiger partial charge in [0.05, 0.1) is 17.9 Å². The molecule has 1 heterocycles. The molecule has 0 radical (unpaired) electrons. The zero-order chi connectivity index (χ0) is 12.3. The summed E-state index contributed by atoms with van der Waals surface area (Å²) < 4.78 is 5.11. The number of carbonyl (C=O) groups is 1. The minimum Gasteiger partial charge on any atom is -0.469 e.